The molecule has 0 aliphatic heterocycles. The van der Waals surface area contributed by atoms with Gasteiger partial charge in [0.25, 0.3) is 0 Å². The average molecular weight is 1020 g/mol. The van der Waals surface area contributed by atoms with Crippen LogP contribution in [0.15, 0.2) is 60.8 Å². The van der Waals surface area contributed by atoms with Gasteiger partial charge in [0, 0.05) is 19.3 Å². The van der Waals surface area contributed by atoms with Gasteiger partial charge in [0.2, 0.25) is 0 Å². The molecule has 0 saturated heterocycles. The minimum atomic E-state index is -0.802. The van der Waals surface area contributed by atoms with E-state index in [-0.39, 0.29) is 37.5 Å². The van der Waals surface area contributed by atoms with Crippen molar-refractivity contribution in [2.45, 2.75) is 335 Å². The Morgan fingerprint density at radius 1 is 0.274 bits per heavy atom. The maximum absolute atomic E-state index is 12.9. The third kappa shape index (κ3) is 59.9. The van der Waals surface area contributed by atoms with E-state index in [0.29, 0.717) is 19.3 Å². The first-order valence-electron chi connectivity index (χ1n) is 31.8. The first-order chi connectivity index (χ1) is 36.0. The molecule has 0 bridgehead atoms. The first kappa shape index (κ1) is 70.1. The van der Waals surface area contributed by atoms with Gasteiger partial charge in [-0.05, 0) is 83.5 Å². The van der Waals surface area contributed by atoms with Crippen molar-refractivity contribution in [1.29, 1.82) is 0 Å². The summed E-state index contributed by atoms with van der Waals surface area (Å²) in [6, 6.07) is 0. The zero-order valence-electron chi connectivity index (χ0n) is 48.7. The summed E-state index contributed by atoms with van der Waals surface area (Å²) in [6.45, 7) is 6.61. The molecule has 0 aliphatic carbocycles. The van der Waals surface area contributed by atoms with Crippen molar-refractivity contribution < 1.29 is 28.6 Å². The van der Waals surface area contributed by atoms with Crippen LogP contribution in [0.1, 0.15) is 329 Å². The zero-order chi connectivity index (χ0) is 52.9. The molecule has 0 heterocycles. The number of ether oxygens (including phenoxy) is 3. The van der Waals surface area contributed by atoms with E-state index in [9.17, 15) is 14.4 Å². The number of hydrogen-bond donors (Lipinski definition) is 0. The first-order valence-corrected chi connectivity index (χ1v) is 31.8. The van der Waals surface area contributed by atoms with Crippen LogP contribution in [-0.4, -0.2) is 37.2 Å². The SMILES string of the molecule is CCCCC/C=C\C/C=C\C/C=C\C/C=C\CCCC(=O)O[C@H](COC(=O)CCCCCCCCCCCCC/C=C\CCCCCCCC)COC(=O)CCCCCCCCCCCCCCCCCCC. The molecule has 1 atom stereocenters. The number of rotatable bonds is 58. The van der Waals surface area contributed by atoms with Crippen LogP contribution < -0.4 is 0 Å². The number of unbranched alkanes of at least 4 members (excludes halogenated alkanes) is 37. The molecule has 0 saturated carbocycles. The average Bonchev–Trinajstić information content (AvgIpc) is 3.39. The van der Waals surface area contributed by atoms with Gasteiger partial charge in [-0.2, -0.15) is 0 Å². The molecule has 0 aromatic heterocycles. The summed E-state index contributed by atoms with van der Waals surface area (Å²) in [6.07, 6.45) is 78.0. The molecule has 0 amide bonds. The number of esters is 3. The van der Waals surface area contributed by atoms with E-state index >= 15 is 0 Å². The number of carbonyl (C=O) groups excluding carboxylic acids is 3. The van der Waals surface area contributed by atoms with Gasteiger partial charge in [0.05, 0.1) is 0 Å². The van der Waals surface area contributed by atoms with E-state index in [4.69, 9.17) is 14.2 Å². The molecule has 424 valence electrons. The van der Waals surface area contributed by atoms with Gasteiger partial charge in [-0.25, -0.2) is 0 Å². The minimum absolute atomic E-state index is 0.0926. The van der Waals surface area contributed by atoms with E-state index < -0.39 is 6.10 Å². The van der Waals surface area contributed by atoms with Crippen molar-refractivity contribution in [3.05, 3.63) is 60.8 Å². The van der Waals surface area contributed by atoms with Gasteiger partial charge >= 0.3 is 17.9 Å². The van der Waals surface area contributed by atoms with Crippen molar-refractivity contribution in [2.75, 3.05) is 13.2 Å². The Bertz CT molecular complexity index is 1310. The van der Waals surface area contributed by atoms with Gasteiger partial charge in [0.15, 0.2) is 6.10 Å². The fourth-order valence-electron chi connectivity index (χ4n) is 9.20. The second-order valence-corrected chi connectivity index (χ2v) is 21.3. The van der Waals surface area contributed by atoms with Gasteiger partial charge in [-0.3, -0.25) is 14.4 Å². The fourth-order valence-corrected chi connectivity index (χ4v) is 9.20. The highest BCUT2D eigenvalue weighted by Crippen LogP contribution is 2.17. The Kier molecular flexibility index (Phi) is 59.2. The quantitative estimate of drug-likeness (QED) is 0.0261. The molecular formula is C67H120O6. The maximum atomic E-state index is 12.9. The Morgan fingerprint density at radius 3 is 0.849 bits per heavy atom. The van der Waals surface area contributed by atoms with Crippen LogP contribution in [0.4, 0.5) is 0 Å². The molecule has 6 nitrogen and oxygen atoms in total. The van der Waals surface area contributed by atoms with Crippen molar-refractivity contribution in [2.24, 2.45) is 0 Å². The topological polar surface area (TPSA) is 78.9 Å². The molecule has 0 aromatic carbocycles. The Morgan fingerprint density at radius 2 is 0.507 bits per heavy atom. The molecule has 0 rings (SSSR count). The van der Waals surface area contributed by atoms with E-state index in [1.54, 1.807) is 0 Å². The van der Waals surface area contributed by atoms with Crippen LogP contribution >= 0.6 is 0 Å². The van der Waals surface area contributed by atoms with Gasteiger partial charge < -0.3 is 14.2 Å². The van der Waals surface area contributed by atoms with Crippen LogP contribution in [0, 0.1) is 0 Å². The highest BCUT2D eigenvalue weighted by atomic mass is 16.6. The Balaban J connectivity index is 4.40. The van der Waals surface area contributed by atoms with Gasteiger partial charge in [0.1, 0.15) is 13.2 Å². The largest absolute Gasteiger partial charge is 0.462 e. The summed E-state index contributed by atoms with van der Waals surface area (Å²) in [5, 5.41) is 0. The highest BCUT2D eigenvalue weighted by Gasteiger charge is 2.19. The molecule has 6 heteroatoms. The maximum Gasteiger partial charge on any atom is 0.306 e. The Hall–Kier alpha value is -2.89. The molecule has 0 radical (unpaired) electrons. The molecule has 0 N–H and O–H groups in total. The summed E-state index contributed by atoms with van der Waals surface area (Å²) in [5.74, 6) is -0.932. The standard InChI is InChI=1S/C67H120O6/c1-4-7-10-13-16-19-22-25-28-31-32-33-34-37-39-42-45-48-51-54-57-60-66(69)72-63-64(73-67(70)61-58-55-52-49-46-43-40-36-30-27-24-21-18-15-12-9-6-3)62-71-65(68)59-56-53-50-47-44-41-38-35-29-26-23-20-17-14-11-8-5-2/h18,21,25,27-28,30,40,43,49,52,64H,4-17,19-20,22-24,26,29,31-39,41-42,44-48,50-51,53-63H2,1-3H3/b21-18-,28-25-,30-27-,43-40-,52-49-/t64-/m0/s1. The summed E-state index contributed by atoms with van der Waals surface area (Å²) in [7, 11) is 0. The predicted molar refractivity (Wildman–Crippen MR) is 316 cm³/mol. The lowest BCUT2D eigenvalue weighted by Crippen LogP contribution is -2.30. The zero-order valence-corrected chi connectivity index (χ0v) is 48.7. The minimum Gasteiger partial charge on any atom is -0.462 e. The third-order valence-electron chi connectivity index (χ3n) is 14.0. The van der Waals surface area contributed by atoms with Crippen LogP contribution in [0.5, 0.6) is 0 Å². The Labute approximate surface area is 453 Å². The second kappa shape index (κ2) is 61.7. The lowest BCUT2D eigenvalue weighted by atomic mass is 10.0. The van der Waals surface area contributed by atoms with Crippen molar-refractivity contribution in [3.63, 3.8) is 0 Å². The number of allylic oxidation sites excluding steroid dienone is 10. The van der Waals surface area contributed by atoms with Gasteiger partial charge in [-0.1, -0.05) is 287 Å². The van der Waals surface area contributed by atoms with E-state index in [2.05, 4.69) is 81.5 Å². The molecule has 0 unspecified atom stereocenters. The van der Waals surface area contributed by atoms with Crippen LogP contribution in [-0.2, 0) is 28.6 Å². The summed E-state index contributed by atoms with van der Waals surface area (Å²) in [5.41, 5.74) is 0. The summed E-state index contributed by atoms with van der Waals surface area (Å²) < 4.78 is 16.9. The molecule has 73 heavy (non-hydrogen) atoms. The van der Waals surface area contributed by atoms with Crippen molar-refractivity contribution >= 4 is 17.9 Å². The van der Waals surface area contributed by atoms with Crippen molar-refractivity contribution in [3.8, 4) is 0 Å². The van der Waals surface area contributed by atoms with Crippen LogP contribution in [0.2, 0.25) is 0 Å². The van der Waals surface area contributed by atoms with E-state index in [0.717, 1.165) is 64.2 Å². The number of carbonyl (C=O) groups is 3. The van der Waals surface area contributed by atoms with E-state index in [1.165, 1.54) is 218 Å². The lowest BCUT2D eigenvalue weighted by molar-refractivity contribution is -0.167. The van der Waals surface area contributed by atoms with Crippen LogP contribution in [0.3, 0.4) is 0 Å². The summed E-state index contributed by atoms with van der Waals surface area (Å²) >= 11 is 0. The van der Waals surface area contributed by atoms with Crippen molar-refractivity contribution in [1.82, 2.24) is 0 Å². The molecular weight excluding hydrogens is 901 g/mol. The third-order valence-corrected chi connectivity index (χ3v) is 14.0. The number of hydrogen-bond acceptors (Lipinski definition) is 6. The second-order valence-electron chi connectivity index (χ2n) is 21.3. The lowest BCUT2D eigenvalue weighted by Gasteiger charge is -2.18. The summed E-state index contributed by atoms with van der Waals surface area (Å²) in [4.78, 5) is 38.3. The predicted octanol–water partition coefficient (Wildman–Crippen LogP) is 21.6. The van der Waals surface area contributed by atoms with E-state index in [1.807, 2.05) is 0 Å². The fraction of sp³-hybridized carbons (Fsp3) is 0.806. The molecule has 0 aliphatic rings. The molecule has 0 fully saturated rings. The monoisotopic (exact) mass is 1020 g/mol. The smallest absolute Gasteiger partial charge is 0.306 e. The van der Waals surface area contributed by atoms with Gasteiger partial charge in [-0.15, -0.1) is 0 Å². The molecule has 0 spiro atoms. The molecule has 0 aromatic rings. The normalized spacial score (nSPS) is 12.4. The highest BCUT2D eigenvalue weighted by molar-refractivity contribution is 5.71. The van der Waals surface area contributed by atoms with Crippen LogP contribution in [0.25, 0.3) is 0 Å².